The number of hydrogen-bond acceptors (Lipinski definition) is 6. The minimum absolute atomic E-state index is 0.103. The largest absolute Gasteiger partial charge is 0.494 e. The fourth-order valence-corrected chi connectivity index (χ4v) is 2.12. The molecule has 0 aliphatic rings. The predicted octanol–water partition coefficient (Wildman–Crippen LogP) is 1.16. The van der Waals surface area contributed by atoms with Crippen LogP contribution in [0.15, 0.2) is 23.4 Å². The van der Waals surface area contributed by atoms with Crippen molar-refractivity contribution in [3.63, 3.8) is 0 Å². The molecule has 1 aromatic heterocycles. The highest BCUT2D eigenvalue weighted by Crippen LogP contribution is 2.26. The van der Waals surface area contributed by atoms with E-state index in [0.29, 0.717) is 16.6 Å². The van der Waals surface area contributed by atoms with Crippen LogP contribution in [0.25, 0.3) is 5.69 Å². The number of aryl methyl sites for hydroxylation is 1. The predicted molar refractivity (Wildman–Crippen MR) is 68.8 cm³/mol. The first kappa shape index (κ1) is 13.3. The number of methoxy groups -OCH3 is 1. The van der Waals surface area contributed by atoms with Gasteiger partial charge in [-0.1, -0.05) is 17.8 Å². The number of carbonyl (C=O) groups is 1. The number of thioether (sulfide) groups is 1. The first-order valence-corrected chi connectivity index (χ1v) is 6.38. The minimum Gasteiger partial charge on any atom is -0.494 e. The molecule has 2 rings (SSSR count). The van der Waals surface area contributed by atoms with Gasteiger partial charge in [-0.3, -0.25) is 4.79 Å². The zero-order valence-electron chi connectivity index (χ0n) is 10.4. The molecule has 7 nitrogen and oxygen atoms in total. The maximum atomic E-state index is 10.6. The molecule has 0 aliphatic carbocycles. The van der Waals surface area contributed by atoms with Gasteiger partial charge in [-0.05, 0) is 35.0 Å². The van der Waals surface area contributed by atoms with E-state index in [9.17, 15) is 4.79 Å². The van der Waals surface area contributed by atoms with Gasteiger partial charge in [0.25, 0.3) is 0 Å². The molecular weight excluding hydrogens is 268 g/mol. The molecule has 0 spiro atoms. The van der Waals surface area contributed by atoms with E-state index in [1.54, 1.807) is 7.11 Å². The van der Waals surface area contributed by atoms with Crippen LogP contribution in [-0.2, 0) is 4.79 Å². The molecular formula is C11H12N4O3S. The molecule has 1 N–H and O–H groups in total. The number of nitrogens with zero attached hydrogens (tertiary/aromatic N) is 4. The molecule has 0 fully saturated rings. The van der Waals surface area contributed by atoms with Crippen molar-refractivity contribution in [1.29, 1.82) is 0 Å². The molecule has 0 saturated carbocycles. The second-order valence-corrected chi connectivity index (χ2v) is 4.67. The molecule has 8 heteroatoms. The van der Waals surface area contributed by atoms with Crippen LogP contribution in [-0.4, -0.2) is 44.1 Å². The lowest BCUT2D eigenvalue weighted by molar-refractivity contribution is -0.133. The number of tetrazole rings is 1. The third-order valence-electron chi connectivity index (χ3n) is 2.33. The Morgan fingerprint density at radius 3 is 3.00 bits per heavy atom. The van der Waals surface area contributed by atoms with Crippen molar-refractivity contribution in [3.8, 4) is 11.4 Å². The van der Waals surface area contributed by atoms with Crippen LogP contribution in [0, 0.1) is 6.92 Å². The van der Waals surface area contributed by atoms with Crippen LogP contribution < -0.4 is 4.74 Å². The topological polar surface area (TPSA) is 90.1 Å². The summed E-state index contributed by atoms with van der Waals surface area (Å²) in [5.41, 5.74) is 1.71. The summed E-state index contributed by atoms with van der Waals surface area (Å²) in [5, 5.41) is 20.4. The van der Waals surface area contributed by atoms with Crippen LogP contribution in [0.1, 0.15) is 5.56 Å². The Morgan fingerprint density at radius 2 is 2.32 bits per heavy atom. The van der Waals surface area contributed by atoms with Crippen molar-refractivity contribution in [2.24, 2.45) is 0 Å². The number of benzene rings is 1. The summed E-state index contributed by atoms with van der Waals surface area (Å²) in [4.78, 5) is 10.6. The number of carboxylic acids is 1. The average molecular weight is 280 g/mol. The number of hydrogen-bond donors (Lipinski definition) is 1. The number of carboxylic acid groups (broad SMARTS) is 1. The van der Waals surface area contributed by atoms with Gasteiger partial charge < -0.3 is 9.84 Å². The normalized spacial score (nSPS) is 10.4. The Balaban J connectivity index is 2.39. The Kier molecular flexibility index (Phi) is 4.00. The van der Waals surface area contributed by atoms with Crippen molar-refractivity contribution in [3.05, 3.63) is 23.8 Å². The quantitative estimate of drug-likeness (QED) is 0.822. The number of rotatable bonds is 5. The van der Waals surface area contributed by atoms with E-state index in [4.69, 9.17) is 9.84 Å². The van der Waals surface area contributed by atoms with Crippen molar-refractivity contribution in [2.75, 3.05) is 12.9 Å². The molecule has 0 amide bonds. The Labute approximate surface area is 113 Å². The highest BCUT2D eigenvalue weighted by molar-refractivity contribution is 7.99. The van der Waals surface area contributed by atoms with Gasteiger partial charge in [0.05, 0.1) is 12.9 Å². The van der Waals surface area contributed by atoms with Crippen LogP contribution in [0.4, 0.5) is 0 Å². The van der Waals surface area contributed by atoms with Crippen molar-refractivity contribution in [1.82, 2.24) is 20.2 Å². The summed E-state index contributed by atoms with van der Waals surface area (Å²) in [6, 6.07) is 5.61. The van der Waals surface area contributed by atoms with Crippen LogP contribution in [0.2, 0.25) is 0 Å². The molecule has 1 heterocycles. The van der Waals surface area contributed by atoms with Gasteiger partial charge in [0, 0.05) is 0 Å². The smallest absolute Gasteiger partial charge is 0.313 e. The van der Waals surface area contributed by atoms with Crippen molar-refractivity contribution >= 4 is 17.7 Å². The van der Waals surface area contributed by atoms with Crippen LogP contribution >= 0.6 is 11.8 Å². The maximum absolute atomic E-state index is 10.6. The zero-order valence-corrected chi connectivity index (χ0v) is 11.2. The molecule has 100 valence electrons. The molecule has 0 aliphatic heterocycles. The molecule has 19 heavy (non-hydrogen) atoms. The Hall–Kier alpha value is -2.09. The van der Waals surface area contributed by atoms with E-state index in [1.807, 2.05) is 25.1 Å². The average Bonchev–Trinajstić information content (AvgIpc) is 2.84. The lowest BCUT2D eigenvalue weighted by atomic mass is 10.2. The fraction of sp³-hybridized carbons (Fsp3) is 0.273. The summed E-state index contributed by atoms with van der Waals surface area (Å²) >= 11 is 1.05. The summed E-state index contributed by atoms with van der Waals surface area (Å²) in [5.74, 6) is -0.403. The third kappa shape index (κ3) is 3.02. The number of aliphatic carboxylic acids is 1. The zero-order chi connectivity index (χ0) is 13.8. The van der Waals surface area contributed by atoms with Crippen LogP contribution in [0.3, 0.4) is 0 Å². The fourth-order valence-electron chi connectivity index (χ4n) is 1.51. The lowest BCUT2D eigenvalue weighted by Crippen LogP contribution is -2.04. The molecule has 2 aromatic rings. The molecule has 1 aromatic carbocycles. The molecule has 0 unspecified atom stereocenters. The van der Waals surface area contributed by atoms with Crippen molar-refractivity contribution < 1.29 is 14.6 Å². The lowest BCUT2D eigenvalue weighted by Gasteiger charge is -2.09. The van der Waals surface area contributed by atoms with Gasteiger partial charge in [-0.2, -0.15) is 4.68 Å². The highest BCUT2D eigenvalue weighted by Gasteiger charge is 2.14. The number of aromatic nitrogens is 4. The van der Waals surface area contributed by atoms with E-state index in [2.05, 4.69) is 15.5 Å². The SMILES string of the molecule is COc1ccc(C)cc1-n1nnnc1SCC(=O)O. The highest BCUT2D eigenvalue weighted by atomic mass is 32.2. The molecule has 0 atom stereocenters. The van der Waals surface area contributed by atoms with Crippen LogP contribution in [0.5, 0.6) is 5.75 Å². The van der Waals surface area contributed by atoms with E-state index in [-0.39, 0.29) is 5.75 Å². The minimum atomic E-state index is -0.921. The second-order valence-electron chi connectivity index (χ2n) is 3.73. The Morgan fingerprint density at radius 1 is 1.53 bits per heavy atom. The second kappa shape index (κ2) is 5.70. The van der Waals surface area contributed by atoms with Gasteiger partial charge in [-0.25, -0.2) is 0 Å². The van der Waals surface area contributed by atoms with Crippen molar-refractivity contribution in [2.45, 2.75) is 12.1 Å². The summed E-state index contributed by atoms with van der Waals surface area (Å²) in [6.45, 7) is 1.94. The summed E-state index contributed by atoms with van der Waals surface area (Å²) < 4.78 is 6.73. The molecule has 0 saturated heterocycles. The summed E-state index contributed by atoms with van der Waals surface area (Å²) in [7, 11) is 1.56. The molecule has 0 radical (unpaired) electrons. The van der Waals surface area contributed by atoms with E-state index < -0.39 is 5.97 Å². The maximum Gasteiger partial charge on any atom is 0.313 e. The molecule has 0 bridgehead atoms. The van der Waals surface area contributed by atoms with Gasteiger partial charge in [0.15, 0.2) is 0 Å². The number of ether oxygens (including phenoxy) is 1. The first-order chi connectivity index (χ1) is 9.11. The standard InChI is InChI=1S/C11H12N4O3S/c1-7-3-4-9(18-2)8(5-7)15-11(12-13-14-15)19-6-10(16)17/h3-5H,6H2,1-2H3,(H,16,17). The van der Waals surface area contributed by atoms with Gasteiger partial charge in [0.2, 0.25) is 5.16 Å². The Bertz CT molecular complexity index is 599. The van der Waals surface area contributed by atoms with Gasteiger partial charge in [-0.15, -0.1) is 5.10 Å². The van der Waals surface area contributed by atoms with E-state index in [1.165, 1.54) is 4.68 Å². The monoisotopic (exact) mass is 280 g/mol. The summed E-state index contributed by atoms with van der Waals surface area (Å²) in [6.07, 6.45) is 0. The first-order valence-electron chi connectivity index (χ1n) is 5.40. The van der Waals surface area contributed by atoms with Gasteiger partial charge >= 0.3 is 5.97 Å². The van der Waals surface area contributed by atoms with E-state index in [0.717, 1.165) is 17.3 Å². The van der Waals surface area contributed by atoms with E-state index >= 15 is 0 Å². The van der Waals surface area contributed by atoms with Gasteiger partial charge in [0.1, 0.15) is 11.4 Å². The third-order valence-corrected chi connectivity index (χ3v) is 3.23.